The van der Waals surface area contributed by atoms with Gasteiger partial charge in [0.25, 0.3) is 11.9 Å². The zero-order chi connectivity index (χ0) is 14.0. The molecule has 0 spiro atoms. The summed E-state index contributed by atoms with van der Waals surface area (Å²) < 4.78 is 15.9. The van der Waals surface area contributed by atoms with Crippen LogP contribution < -0.4 is 0 Å². The second kappa shape index (κ2) is 9.10. The van der Waals surface area contributed by atoms with Crippen molar-refractivity contribution in [2.45, 2.75) is 59.4 Å². The van der Waals surface area contributed by atoms with Gasteiger partial charge in [-0.15, -0.1) is 0 Å². The molecule has 0 saturated heterocycles. The molecule has 0 radical (unpaired) electrons. The fourth-order valence-corrected chi connectivity index (χ4v) is 4.19. The zero-order valence-electron chi connectivity index (χ0n) is 11.8. The summed E-state index contributed by atoms with van der Waals surface area (Å²) in [5.41, 5.74) is 0. The molecule has 0 amide bonds. The summed E-state index contributed by atoms with van der Waals surface area (Å²) in [7, 11) is -3.17. The Bertz CT molecular complexity index is 251. The molecule has 0 aromatic carbocycles. The van der Waals surface area contributed by atoms with Crippen molar-refractivity contribution < 1.29 is 22.9 Å². The predicted octanol–water partition coefficient (Wildman–Crippen LogP) is 2.67. The maximum absolute atomic E-state index is 11.1. The van der Waals surface area contributed by atoms with E-state index in [1.807, 2.05) is 0 Å². The maximum Gasteiger partial charge on any atom is 0.635 e. The number of hydrogen-bond acceptors (Lipinski definition) is 5. The Hall–Kier alpha value is -0.883. The molecule has 5 nitrogen and oxygen atoms in total. The summed E-state index contributed by atoms with van der Waals surface area (Å²) in [5, 5.41) is 0. The molecule has 106 valence electrons. The van der Waals surface area contributed by atoms with Gasteiger partial charge in [-0.1, -0.05) is 26.2 Å². The minimum absolute atomic E-state index is 0.362. The van der Waals surface area contributed by atoms with Gasteiger partial charge in [-0.25, -0.2) is 0 Å². The third kappa shape index (κ3) is 7.44. The van der Waals surface area contributed by atoms with Crippen molar-refractivity contribution >= 4 is 20.7 Å². The van der Waals surface area contributed by atoms with E-state index < -0.39 is 20.7 Å². The van der Waals surface area contributed by atoms with Crippen LogP contribution >= 0.6 is 0 Å². The second-order valence-corrected chi connectivity index (χ2v) is 6.68. The van der Waals surface area contributed by atoms with E-state index in [0.717, 1.165) is 25.7 Å². The van der Waals surface area contributed by atoms with E-state index >= 15 is 0 Å². The van der Waals surface area contributed by atoms with E-state index in [1.54, 1.807) is 6.92 Å². The quantitative estimate of drug-likeness (QED) is 0.478. The first-order valence-corrected chi connectivity index (χ1v) is 8.42. The van der Waals surface area contributed by atoms with Crippen LogP contribution in [0.1, 0.15) is 53.4 Å². The molecule has 0 saturated carbocycles. The molecule has 0 aromatic heterocycles. The smallest absolute Gasteiger partial charge is 0.464 e. The molecule has 0 fully saturated rings. The minimum Gasteiger partial charge on any atom is -0.464 e. The van der Waals surface area contributed by atoms with Crippen LogP contribution in [-0.4, -0.2) is 27.3 Å². The van der Waals surface area contributed by atoms with Gasteiger partial charge in [-0.05, 0) is 13.3 Å². The van der Waals surface area contributed by atoms with Crippen LogP contribution in [0.4, 0.5) is 0 Å². The minimum atomic E-state index is -3.17. The fourth-order valence-electron chi connectivity index (χ4n) is 1.68. The Labute approximate surface area is 110 Å². The largest absolute Gasteiger partial charge is 0.635 e. The van der Waals surface area contributed by atoms with Crippen molar-refractivity contribution in [1.82, 2.24) is 0 Å². The first-order valence-electron chi connectivity index (χ1n) is 6.49. The summed E-state index contributed by atoms with van der Waals surface area (Å²) in [6.07, 6.45) is 4.07. The van der Waals surface area contributed by atoms with Crippen molar-refractivity contribution in [3.63, 3.8) is 0 Å². The van der Waals surface area contributed by atoms with Crippen LogP contribution in [0.3, 0.4) is 0 Å². The van der Waals surface area contributed by atoms with E-state index in [4.69, 9.17) is 13.3 Å². The van der Waals surface area contributed by atoms with Gasteiger partial charge >= 0.3 is 8.80 Å². The van der Waals surface area contributed by atoms with E-state index in [-0.39, 0.29) is 0 Å². The number of unbranched alkanes of at least 4 members (excludes halogenated alkanes) is 3. The number of rotatable bonds is 9. The molecule has 0 rings (SSSR count). The lowest BCUT2D eigenvalue weighted by Gasteiger charge is -2.26. The fraction of sp³-hybridized carbons (Fsp3) is 0.833. The van der Waals surface area contributed by atoms with Crippen LogP contribution in [0.2, 0.25) is 6.04 Å². The molecule has 0 aliphatic rings. The molecule has 0 atom stereocenters. The third-order valence-electron chi connectivity index (χ3n) is 2.30. The maximum atomic E-state index is 11.1. The molecule has 0 bridgehead atoms. The van der Waals surface area contributed by atoms with Crippen LogP contribution in [0.15, 0.2) is 0 Å². The van der Waals surface area contributed by atoms with E-state index in [0.29, 0.717) is 12.7 Å². The highest BCUT2D eigenvalue weighted by Crippen LogP contribution is 2.20. The normalized spacial score (nSPS) is 11.1. The first kappa shape index (κ1) is 17.1. The Balaban J connectivity index is 4.59. The molecule has 6 heteroatoms. The Morgan fingerprint density at radius 1 is 0.944 bits per heavy atom. The van der Waals surface area contributed by atoms with Crippen LogP contribution in [-0.2, 0) is 22.9 Å². The van der Waals surface area contributed by atoms with Crippen molar-refractivity contribution in [2.24, 2.45) is 0 Å². The van der Waals surface area contributed by atoms with Gasteiger partial charge in [0.1, 0.15) is 0 Å². The Morgan fingerprint density at radius 2 is 1.50 bits per heavy atom. The highest BCUT2D eigenvalue weighted by atomic mass is 28.4. The highest BCUT2D eigenvalue weighted by Gasteiger charge is 2.47. The monoisotopic (exact) mass is 276 g/mol. The molecule has 0 aromatic rings. The molecule has 0 heterocycles. The molecule has 0 aliphatic heterocycles. The summed E-state index contributed by atoms with van der Waals surface area (Å²) >= 11 is 0. The summed E-state index contributed by atoms with van der Waals surface area (Å²) in [4.78, 5) is 22.3. The van der Waals surface area contributed by atoms with Gasteiger partial charge in [0, 0.05) is 26.5 Å². The van der Waals surface area contributed by atoms with Gasteiger partial charge in [-0.3, -0.25) is 9.59 Å². The zero-order valence-corrected chi connectivity index (χ0v) is 12.8. The Kier molecular flexibility index (Phi) is 8.65. The third-order valence-corrected chi connectivity index (χ3v) is 5.19. The van der Waals surface area contributed by atoms with Gasteiger partial charge in [0.05, 0.1) is 0 Å². The second-order valence-electron chi connectivity index (χ2n) is 4.11. The van der Waals surface area contributed by atoms with E-state index in [9.17, 15) is 9.59 Å². The standard InChI is InChI=1S/C12H24O5Si/c1-5-7-8-9-10-18(15-6-2,16-11(3)13)17-12(4)14/h5-10H2,1-4H3. The molecule has 18 heavy (non-hydrogen) atoms. The first-order chi connectivity index (χ1) is 8.45. The van der Waals surface area contributed by atoms with Gasteiger partial charge < -0.3 is 13.3 Å². The van der Waals surface area contributed by atoms with Crippen molar-refractivity contribution in [1.29, 1.82) is 0 Å². The highest BCUT2D eigenvalue weighted by molar-refractivity contribution is 6.64. The lowest BCUT2D eigenvalue weighted by Crippen LogP contribution is -2.48. The van der Waals surface area contributed by atoms with Crippen molar-refractivity contribution in [2.75, 3.05) is 6.61 Å². The van der Waals surface area contributed by atoms with Crippen molar-refractivity contribution in [3.05, 3.63) is 0 Å². The average molecular weight is 276 g/mol. The topological polar surface area (TPSA) is 61.8 Å². The molecular weight excluding hydrogens is 252 g/mol. The molecular formula is C12H24O5Si. The molecule has 0 aliphatic carbocycles. The van der Waals surface area contributed by atoms with Gasteiger partial charge in [-0.2, -0.15) is 0 Å². The average Bonchev–Trinajstić information content (AvgIpc) is 2.23. The van der Waals surface area contributed by atoms with Crippen LogP contribution in [0, 0.1) is 0 Å². The van der Waals surface area contributed by atoms with Crippen LogP contribution in [0.5, 0.6) is 0 Å². The number of hydrogen-bond donors (Lipinski definition) is 0. The number of carbonyl (C=O) groups is 2. The van der Waals surface area contributed by atoms with Gasteiger partial charge in [0.15, 0.2) is 0 Å². The predicted molar refractivity (Wildman–Crippen MR) is 69.9 cm³/mol. The summed E-state index contributed by atoms with van der Waals surface area (Å²) in [6.45, 7) is 6.87. The van der Waals surface area contributed by atoms with Crippen LogP contribution in [0.25, 0.3) is 0 Å². The van der Waals surface area contributed by atoms with Gasteiger partial charge in [0.2, 0.25) is 0 Å². The van der Waals surface area contributed by atoms with E-state index in [2.05, 4.69) is 6.92 Å². The summed E-state index contributed by atoms with van der Waals surface area (Å²) in [5.74, 6) is -0.932. The van der Waals surface area contributed by atoms with Crippen molar-refractivity contribution in [3.8, 4) is 0 Å². The summed E-state index contributed by atoms with van der Waals surface area (Å²) in [6, 6.07) is 0.500. The lowest BCUT2D eigenvalue weighted by atomic mass is 10.2. The Morgan fingerprint density at radius 3 is 1.89 bits per heavy atom. The lowest BCUT2D eigenvalue weighted by molar-refractivity contribution is -0.143. The van der Waals surface area contributed by atoms with E-state index in [1.165, 1.54) is 13.8 Å². The molecule has 0 unspecified atom stereocenters. The SMILES string of the molecule is CCCCCC[Si](OCC)(OC(C)=O)OC(C)=O. The molecule has 0 N–H and O–H groups in total. The number of carbonyl (C=O) groups excluding carboxylic acids is 2.